The summed E-state index contributed by atoms with van der Waals surface area (Å²) in [5.41, 5.74) is 2.47. The Morgan fingerprint density at radius 3 is 2.57 bits per heavy atom. The molecule has 0 unspecified atom stereocenters. The van der Waals surface area contributed by atoms with Crippen LogP contribution in [0.2, 0.25) is 0 Å². The average molecular weight is 186 g/mol. The van der Waals surface area contributed by atoms with E-state index < -0.39 is 0 Å². The van der Waals surface area contributed by atoms with E-state index in [0.717, 1.165) is 12.2 Å². The molecule has 0 aliphatic rings. The third-order valence-corrected chi connectivity index (χ3v) is 2.05. The maximum absolute atomic E-state index is 4.90. The molecule has 0 spiro atoms. The lowest BCUT2D eigenvalue weighted by Crippen LogP contribution is -2.01. The van der Waals surface area contributed by atoms with Crippen molar-refractivity contribution in [2.24, 2.45) is 0 Å². The fraction of sp³-hybridized carbons (Fsp3) is 0.200. The molecule has 1 heterocycles. The summed E-state index contributed by atoms with van der Waals surface area (Å²) < 4.78 is 4.90. The second-order valence-electron chi connectivity index (χ2n) is 3.39. The Morgan fingerprint density at radius 2 is 2.00 bits per heavy atom. The SMILES string of the molecule is Bc1ccc(Cc2noc(C)n2)cc1. The molecule has 0 fully saturated rings. The molecule has 0 N–H and O–H groups in total. The maximum Gasteiger partial charge on any atom is 0.223 e. The van der Waals surface area contributed by atoms with Crippen LogP contribution in [-0.4, -0.2) is 18.0 Å². The van der Waals surface area contributed by atoms with E-state index in [-0.39, 0.29) is 0 Å². The van der Waals surface area contributed by atoms with Crippen LogP contribution in [0.3, 0.4) is 0 Å². The minimum Gasteiger partial charge on any atom is -0.340 e. The van der Waals surface area contributed by atoms with Crippen LogP contribution in [0.25, 0.3) is 0 Å². The molecule has 1 aromatic carbocycles. The Balaban J connectivity index is 2.15. The number of hydrogen-bond acceptors (Lipinski definition) is 3. The average Bonchev–Trinajstić information content (AvgIpc) is 2.56. The predicted molar refractivity (Wildman–Crippen MR) is 56.5 cm³/mol. The van der Waals surface area contributed by atoms with Gasteiger partial charge in [0.2, 0.25) is 5.89 Å². The first-order valence-electron chi connectivity index (χ1n) is 4.59. The van der Waals surface area contributed by atoms with Gasteiger partial charge in [-0.1, -0.05) is 34.9 Å². The highest BCUT2D eigenvalue weighted by atomic mass is 16.5. The highest BCUT2D eigenvalue weighted by Crippen LogP contribution is 2.04. The van der Waals surface area contributed by atoms with E-state index in [1.165, 1.54) is 11.0 Å². The van der Waals surface area contributed by atoms with Crippen molar-refractivity contribution in [1.29, 1.82) is 0 Å². The molecule has 0 amide bonds. The molecule has 0 atom stereocenters. The van der Waals surface area contributed by atoms with E-state index in [1.54, 1.807) is 6.92 Å². The highest BCUT2D eigenvalue weighted by Gasteiger charge is 2.02. The Kier molecular flexibility index (Phi) is 2.35. The van der Waals surface area contributed by atoms with Crippen molar-refractivity contribution in [2.75, 3.05) is 0 Å². The van der Waals surface area contributed by atoms with Gasteiger partial charge in [-0.3, -0.25) is 0 Å². The molecule has 0 radical (unpaired) electrons. The fourth-order valence-electron chi connectivity index (χ4n) is 1.30. The van der Waals surface area contributed by atoms with Gasteiger partial charge in [0.15, 0.2) is 5.82 Å². The van der Waals surface area contributed by atoms with E-state index >= 15 is 0 Å². The smallest absolute Gasteiger partial charge is 0.223 e. The number of rotatable bonds is 2. The van der Waals surface area contributed by atoms with Crippen molar-refractivity contribution in [3.05, 3.63) is 41.5 Å². The lowest BCUT2D eigenvalue weighted by Gasteiger charge is -1.96. The normalized spacial score (nSPS) is 10.4. The van der Waals surface area contributed by atoms with Crippen molar-refractivity contribution in [3.8, 4) is 0 Å². The lowest BCUT2D eigenvalue weighted by molar-refractivity contribution is 0.388. The van der Waals surface area contributed by atoms with Gasteiger partial charge in [0.05, 0.1) is 0 Å². The van der Waals surface area contributed by atoms with Crippen LogP contribution >= 0.6 is 0 Å². The molecule has 1 aromatic heterocycles. The van der Waals surface area contributed by atoms with E-state index in [4.69, 9.17) is 4.52 Å². The van der Waals surface area contributed by atoms with Gasteiger partial charge in [0.25, 0.3) is 0 Å². The van der Waals surface area contributed by atoms with Crippen molar-refractivity contribution in [2.45, 2.75) is 13.3 Å². The van der Waals surface area contributed by atoms with Crippen LogP contribution in [0, 0.1) is 6.92 Å². The van der Waals surface area contributed by atoms with Crippen LogP contribution in [0.5, 0.6) is 0 Å². The number of hydrogen-bond donors (Lipinski definition) is 0. The van der Waals surface area contributed by atoms with Gasteiger partial charge in [0, 0.05) is 13.3 Å². The van der Waals surface area contributed by atoms with Crippen LogP contribution in [-0.2, 0) is 6.42 Å². The van der Waals surface area contributed by atoms with Crippen molar-refractivity contribution < 1.29 is 4.52 Å². The molecule has 0 saturated carbocycles. The van der Waals surface area contributed by atoms with Gasteiger partial charge in [-0.25, -0.2) is 0 Å². The number of aryl methyl sites for hydroxylation is 1. The summed E-state index contributed by atoms with van der Waals surface area (Å²) in [6, 6.07) is 8.34. The van der Waals surface area contributed by atoms with Crippen LogP contribution in [0.4, 0.5) is 0 Å². The largest absolute Gasteiger partial charge is 0.340 e. The fourth-order valence-corrected chi connectivity index (χ4v) is 1.30. The van der Waals surface area contributed by atoms with Crippen molar-refractivity contribution in [1.82, 2.24) is 10.1 Å². The van der Waals surface area contributed by atoms with Crippen molar-refractivity contribution >= 4 is 13.3 Å². The molecule has 4 heteroatoms. The topological polar surface area (TPSA) is 38.9 Å². The zero-order valence-corrected chi connectivity index (χ0v) is 8.32. The summed E-state index contributed by atoms with van der Waals surface area (Å²) in [5.74, 6) is 1.36. The summed E-state index contributed by atoms with van der Waals surface area (Å²) in [6.07, 6.45) is 0.734. The van der Waals surface area contributed by atoms with Gasteiger partial charge in [-0.05, 0) is 5.56 Å². The standard InChI is InChI=1S/C10H11BN2O/c1-7-12-10(13-14-7)6-8-2-4-9(11)5-3-8/h2-5H,6,11H2,1H3. The molecule has 2 rings (SSSR count). The van der Waals surface area contributed by atoms with Crippen LogP contribution in [0.1, 0.15) is 17.3 Å². The van der Waals surface area contributed by atoms with Crippen molar-refractivity contribution in [3.63, 3.8) is 0 Å². The van der Waals surface area contributed by atoms with Gasteiger partial charge in [-0.2, -0.15) is 4.98 Å². The quantitative estimate of drug-likeness (QED) is 0.630. The third-order valence-electron chi connectivity index (χ3n) is 2.05. The van der Waals surface area contributed by atoms with Gasteiger partial charge in [0.1, 0.15) is 7.85 Å². The van der Waals surface area contributed by atoms with E-state index in [0.29, 0.717) is 5.89 Å². The molecule has 3 nitrogen and oxygen atoms in total. The Morgan fingerprint density at radius 1 is 1.29 bits per heavy atom. The third kappa shape index (κ3) is 2.02. The number of nitrogens with zero attached hydrogens (tertiary/aromatic N) is 2. The van der Waals surface area contributed by atoms with Gasteiger partial charge >= 0.3 is 0 Å². The number of benzene rings is 1. The van der Waals surface area contributed by atoms with E-state index in [1.807, 2.05) is 0 Å². The first kappa shape index (κ1) is 9.00. The minimum absolute atomic E-state index is 0.618. The zero-order valence-electron chi connectivity index (χ0n) is 8.32. The zero-order chi connectivity index (χ0) is 9.97. The summed E-state index contributed by atoms with van der Waals surface area (Å²) in [5, 5.41) is 3.85. The monoisotopic (exact) mass is 186 g/mol. The summed E-state index contributed by atoms with van der Waals surface area (Å²) in [4.78, 5) is 4.15. The second kappa shape index (κ2) is 3.66. The molecule has 0 bridgehead atoms. The Labute approximate surface area is 83.6 Å². The molecule has 0 saturated heterocycles. The Bertz CT molecular complexity index is 422. The molecule has 0 aliphatic heterocycles. The lowest BCUT2D eigenvalue weighted by atomic mass is 9.95. The summed E-state index contributed by atoms with van der Waals surface area (Å²) >= 11 is 0. The molecule has 70 valence electrons. The molecular weight excluding hydrogens is 175 g/mol. The van der Waals surface area contributed by atoms with E-state index in [9.17, 15) is 0 Å². The Hall–Kier alpha value is -1.58. The van der Waals surface area contributed by atoms with Crippen LogP contribution in [0.15, 0.2) is 28.8 Å². The van der Waals surface area contributed by atoms with E-state index in [2.05, 4.69) is 42.3 Å². The molecular formula is C10H11BN2O. The van der Waals surface area contributed by atoms with Crippen LogP contribution < -0.4 is 5.46 Å². The summed E-state index contributed by atoms with van der Waals surface area (Å²) in [6.45, 7) is 1.80. The predicted octanol–water partition coefficient (Wildman–Crippen LogP) is 0.227. The second-order valence-corrected chi connectivity index (χ2v) is 3.39. The maximum atomic E-state index is 4.90. The van der Waals surface area contributed by atoms with Gasteiger partial charge in [-0.15, -0.1) is 0 Å². The number of aromatic nitrogens is 2. The molecule has 0 aliphatic carbocycles. The molecule has 14 heavy (non-hydrogen) atoms. The minimum atomic E-state index is 0.618. The first-order chi connectivity index (χ1) is 6.74. The first-order valence-corrected chi connectivity index (χ1v) is 4.59. The van der Waals surface area contributed by atoms with Gasteiger partial charge < -0.3 is 4.52 Å². The highest BCUT2D eigenvalue weighted by molar-refractivity contribution is 6.32. The summed E-state index contributed by atoms with van der Waals surface area (Å²) in [7, 11) is 2.07. The molecule has 2 aromatic rings.